The van der Waals surface area contributed by atoms with Crippen molar-refractivity contribution < 1.29 is 28.8 Å². The number of hydrogen-bond donors (Lipinski definition) is 4. The van der Waals surface area contributed by atoms with Crippen molar-refractivity contribution in [3.8, 4) is 0 Å². The van der Waals surface area contributed by atoms with E-state index in [9.17, 15) is 28.8 Å². The first-order valence-corrected chi connectivity index (χ1v) is 19.3. The van der Waals surface area contributed by atoms with Crippen molar-refractivity contribution in [2.24, 2.45) is 11.8 Å². The van der Waals surface area contributed by atoms with Crippen LogP contribution in [0.1, 0.15) is 143 Å². The van der Waals surface area contributed by atoms with Crippen LogP contribution in [0.15, 0.2) is 18.6 Å². The van der Waals surface area contributed by atoms with Gasteiger partial charge in [0.2, 0.25) is 23.5 Å². The van der Waals surface area contributed by atoms with Crippen molar-refractivity contribution in [1.82, 2.24) is 36.1 Å². The highest BCUT2D eigenvalue weighted by Crippen LogP contribution is 2.27. The van der Waals surface area contributed by atoms with Crippen LogP contribution in [0.3, 0.4) is 0 Å². The Morgan fingerprint density at radius 2 is 1.51 bits per heavy atom. The maximum Gasteiger partial charge on any atom is 0.289 e. The summed E-state index contributed by atoms with van der Waals surface area (Å²) in [6.07, 6.45) is 13.2. The lowest BCUT2D eigenvalue weighted by molar-refractivity contribution is -0.142. The molecule has 1 aromatic heterocycles. The molecule has 3 fully saturated rings. The molecule has 3 unspecified atom stereocenters. The molecule has 3 aliphatic rings. The fourth-order valence-electron chi connectivity index (χ4n) is 5.80. The monoisotopic (exact) mass is 715 g/mol. The predicted octanol–water partition coefficient (Wildman–Crippen LogP) is 4.50. The van der Waals surface area contributed by atoms with Gasteiger partial charge in [0.1, 0.15) is 17.8 Å². The Morgan fingerprint density at radius 1 is 0.863 bits per heavy atom. The van der Waals surface area contributed by atoms with Gasteiger partial charge in [0.15, 0.2) is 0 Å². The van der Waals surface area contributed by atoms with Gasteiger partial charge in [-0.05, 0) is 56.8 Å². The zero-order chi connectivity index (χ0) is 38.3. The molecule has 1 aliphatic heterocycles. The number of unbranched alkanes of at least 4 members (excludes halogenated alkanes) is 1. The van der Waals surface area contributed by atoms with Gasteiger partial charge in [-0.15, -0.1) is 0 Å². The van der Waals surface area contributed by atoms with Crippen molar-refractivity contribution in [3.05, 3.63) is 24.3 Å². The van der Waals surface area contributed by atoms with Gasteiger partial charge >= 0.3 is 0 Å². The number of Topliss-reactive ketones (excluding diaryl/α,β-unsaturated/α-hetero) is 1. The molecule has 13 nitrogen and oxygen atoms in total. The number of carbonyl (C=O) groups excluding carboxylic acids is 6. The van der Waals surface area contributed by atoms with Gasteiger partial charge in [0.05, 0.1) is 18.8 Å². The molecule has 51 heavy (non-hydrogen) atoms. The van der Waals surface area contributed by atoms with Gasteiger partial charge in [0, 0.05) is 25.0 Å². The first-order chi connectivity index (χ1) is 24.5. The summed E-state index contributed by atoms with van der Waals surface area (Å²) in [5.41, 5.74) is 0.0962. The van der Waals surface area contributed by atoms with Crippen LogP contribution in [0.4, 0.5) is 0 Å². The topological polar surface area (TPSA) is 180 Å². The minimum atomic E-state index is -0.961. The third-order valence-electron chi connectivity index (χ3n) is 8.39. The second kappa shape index (κ2) is 25.1. The van der Waals surface area contributed by atoms with Gasteiger partial charge in [-0.1, -0.05) is 87.5 Å². The molecule has 0 aromatic carbocycles. The summed E-state index contributed by atoms with van der Waals surface area (Å²) in [5, 5.41) is 10.9. The molecule has 2 heterocycles. The largest absolute Gasteiger partial charge is 0.347 e. The fourth-order valence-corrected chi connectivity index (χ4v) is 5.80. The van der Waals surface area contributed by atoms with E-state index in [1.807, 2.05) is 34.6 Å². The summed E-state index contributed by atoms with van der Waals surface area (Å²) >= 11 is 0. The lowest BCUT2D eigenvalue weighted by Gasteiger charge is -2.30. The Balaban J connectivity index is 0.00000149. The number of rotatable bonds is 14. The number of likely N-dealkylation sites (tertiary alicyclic amines) is 1. The molecule has 4 rings (SSSR count). The number of ketones is 1. The zero-order valence-corrected chi connectivity index (χ0v) is 32.4. The minimum Gasteiger partial charge on any atom is -0.347 e. The highest BCUT2D eigenvalue weighted by molar-refractivity contribution is 6.38. The normalized spacial score (nSPS) is 17.8. The predicted molar refractivity (Wildman–Crippen MR) is 198 cm³/mol. The van der Waals surface area contributed by atoms with Crippen molar-refractivity contribution in [3.63, 3.8) is 0 Å². The highest BCUT2D eigenvalue weighted by Gasteiger charge is 2.38. The van der Waals surface area contributed by atoms with Crippen LogP contribution in [0.2, 0.25) is 0 Å². The van der Waals surface area contributed by atoms with Crippen LogP contribution in [-0.4, -0.2) is 87.4 Å². The number of carbonyl (C=O) groups is 6. The molecular formula is C38H65N7O6. The Bertz CT molecular complexity index is 1220. The van der Waals surface area contributed by atoms with E-state index in [1.54, 1.807) is 0 Å². The second-order valence-corrected chi connectivity index (χ2v) is 13.5. The van der Waals surface area contributed by atoms with Crippen molar-refractivity contribution >= 4 is 35.3 Å². The highest BCUT2D eigenvalue weighted by atomic mass is 16.2. The van der Waals surface area contributed by atoms with Crippen molar-refractivity contribution in [2.75, 3.05) is 13.1 Å². The fraction of sp³-hybridized carbons (Fsp3) is 0.737. The van der Waals surface area contributed by atoms with Crippen LogP contribution >= 0.6 is 0 Å². The second-order valence-electron chi connectivity index (χ2n) is 13.5. The molecule has 1 saturated heterocycles. The van der Waals surface area contributed by atoms with Crippen LogP contribution < -0.4 is 21.3 Å². The van der Waals surface area contributed by atoms with Gasteiger partial charge in [-0.3, -0.25) is 33.8 Å². The molecule has 4 N–H and O–H groups in total. The van der Waals surface area contributed by atoms with Gasteiger partial charge in [-0.25, -0.2) is 4.98 Å². The summed E-state index contributed by atoms with van der Waals surface area (Å²) in [7, 11) is 0. The summed E-state index contributed by atoms with van der Waals surface area (Å²) < 4.78 is 0. The van der Waals surface area contributed by atoms with E-state index in [0.717, 1.165) is 57.3 Å². The summed E-state index contributed by atoms with van der Waals surface area (Å²) in [5.74, 6) is -2.51. The lowest BCUT2D eigenvalue weighted by atomic mass is 9.83. The van der Waals surface area contributed by atoms with E-state index in [0.29, 0.717) is 32.2 Å². The molecule has 3 atom stereocenters. The average molecular weight is 716 g/mol. The smallest absolute Gasteiger partial charge is 0.289 e. The molecule has 0 radical (unpaired) electrons. The first-order valence-electron chi connectivity index (χ1n) is 19.3. The SMILES string of the molecule is CC.CC.CC(C)C.CCCCC(NC(=O)C1CCCN1C(=O)CNC(=O)C(NC(=O)c1cnccn1)C1CCCCC1)C(=O)C(=O)NC1CC1. The standard InChI is InChI=1S/C30H43N7O6.C4H10.2C2H6/c1-2-3-10-21(26(39)30(43)34-20-12-13-20)35-28(41)23-11-7-16-37(23)24(38)18-33-29(42)25(19-8-5-4-6-9-19)36-27(40)22-17-31-14-15-32-22;1-4(2)3;2*1-2/h14-15,17,19-21,23,25H,2-13,16,18H2,1H3,(H,33,42)(H,34,43)(H,35,41)(H,36,40);4H,1-3H3;2*1-2H3. The van der Waals surface area contributed by atoms with Crippen LogP contribution in [0.25, 0.3) is 0 Å². The molecule has 2 saturated carbocycles. The summed E-state index contributed by atoms with van der Waals surface area (Å²) in [4.78, 5) is 87.2. The number of nitrogens with zero attached hydrogens (tertiary/aromatic N) is 3. The molecular weight excluding hydrogens is 650 g/mol. The van der Waals surface area contributed by atoms with E-state index in [4.69, 9.17) is 0 Å². The van der Waals surface area contributed by atoms with E-state index in [1.165, 1.54) is 23.5 Å². The molecule has 5 amide bonds. The minimum absolute atomic E-state index is 0.0233. The Kier molecular flexibility index (Phi) is 22.2. The van der Waals surface area contributed by atoms with Crippen molar-refractivity contribution in [1.29, 1.82) is 0 Å². The van der Waals surface area contributed by atoms with Gasteiger partial charge < -0.3 is 26.2 Å². The Labute approximate surface area is 305 Å². The third-order valence-corrected chi connectivity index (χ3v) is 8.39. The molecule has 13 heteroatoms. The molecule has 1 aromatic rings. The van der Waals surface area contributed by atoms with Crippen molar-refractivity contribution in [2.45, 2.75) is 157 Å². The molecule has 0 spiro atoms. The number of nitrogens with one attached hydrogen (secondary N) is 4. The number of hydrogen-bond acceptors (Lipinski definition) is 8. The Morgan fingerprint density at radius 3 is 2.08 bits per heavy atom. The quantitative estimate of drug-likeness (QED) is 0.203. The lowest BCUT2D eigenvalue weighted by Crippen LogP contribution is -2.56. The summed E-state index contributed by atoms with van der Waals surface area (Å²) in [6.45, 7) is 16.5. The molecule has 288 valence electrons. The average Bonchev–Trinajstić information content (AvgIpc) is 3.82. The third kappa shape index (κ3) is 16.3. The van der Waals surface area contributed by atoms with Crippen LogP contribution in [-0.2, 0) is 24.0 Å². The van der Waals surface area contributed by atoms with E-state index >= 15 is 0 Å². The number of amides is 5. The van der Waals surface area contributed by atoms with E-state index in [2.05, 4.69) is 52.0 Å². The van der Waals surface area contributed by atoms with E-state index < -0.39 is 53.4 Å². The zero-order valence-electron chi connectivity index (χ0n) is 32.4. The number of aromatic nitrogens is 2. The first kappa shape index (κ1) is 45.1. The maximum absolute atomic E-state index is 13.3. The molecule has 2 aliphatic carbocycles. The maximum atomic E-state index is 13.3. The van der Waals surface area contributed by atoms with Crippen LogP contribution in [0.5, 0.6) is 0 Å². The molecule has 0 bridgehead atoms. The summed E-state index contributed by atoms with van der Waals surface area (Å²) in [6, 6.07) is -2.58. The van der Waals surface area contributed by atoms with Gasteiger partial charge in [0.25, 0.3) is 11.8 Å². The van der Waals surface area contributed by atoms with Crippen LogP contribution in [0, 0.1) is 11.8 Å². The van der Waals surface area contributed by atoms with E-state index in [-0.39, 0.29) is 24.2 Å². The van der Waals surface area contributed by atoms with Gasteiger partial charge in [-0.2, -0.15) is 0 Å². The Hall–Kier alpha value is -3.90.